The Morgan fingerprint density at radius 3 is 2.77 bits per heavy atom. The lowest BCUT2D eigenvalue weighted by molar-refractivity contribution is -0.136. The fourth-order valence-corrected chi connectivity index (χ4v) is 4.44. The van der Waals surface area contributed by atoms with E-state index >= 15 is 0 Å². The number of aromatic amines is 1. The highest BCUT2D eigenvalue weighted by Gasteiger charge is 2.33. The van der Waals surface area contributed by atoms with Crippen LogP contribution in [0.1, 0.15) is 33.2 Å². The van der Waals surface area contributed by atoms with E-state index in [4.69, 9.17) is 5.26 Å². The Labute approximate surface area is 202 Å². The van der Waals surface area contributed by atoms with E-state index in [0.717, 1.165) is 17.3 Å². The number of nitriles is 1. The summed E-state index contributed by atoms with van der Waals surface area (Å²) in [5.41, 5.74) is 1.34. The highest BCUT2D eigenvalue weighted by atomic mass is 16.2. The second-order valence-electron chi connectivity index (χ2n) is 9.22. The third kappa shape index (κ3) is 4.62. The lowest BCUT2D eigenvalue weighted by Crippen LogP contribution is -2.48. The molecule has 4 heterocycles. The van der Waals surface area contributed by atoms with Crippen molar-refractivity contribution in [1.82, 2.24) is 34.9 Å². The van der Waals surface area contributed by atoms with Crippen molar-refractivity contribution in [2.75, 3.05) is 32.0 Å². The largest absolute Gasteiger partial charge is 0.346 e. The number of carbonyl (C=O) groups is 3. The van der Waals surface area contributed by atoms with Gasteiger partial charge >= 0.3 is 17.8 Å². The average molecular weight is 480 g/mol. The topological polar surface area (TPSA) is 152 Å². The molecule has 3 N–H and O–H groups in total. The molecule has 0 aromatic carbocycles. The number of pyridine rings is 1. The predicted molar refractivity (Wildman–Crippen MR) is 129 cm³/mol. The molecule has 1 aliphatic rings. The molecule has 12 nitrogen and oxygen atoms in total. The van der Waals surface area contributed by atoms with Crippen molar-refractivity contribution in [3.63, 3.8) is 0 Å². The van der Waals surface area contributed by atoms with Gasteiger partial charge in [-0.3, -0.25) is 19.4 Å². The first-order valence-electron chi connectivity index (χ1n) is 11.5. The first-order valence-corrected chi connectivity index (χ1v) is 11.5. The van der Waals surface area contributed by atoms with E-state index < -0.39 is 11.8 Å². The fraction of sp³-hybridized carbons (Fsp3) is 0.478. The van der Waals surface area contributed by atoms with Gasteiger partial charge in [0.2, 0.25) is 0 Å². The van der Waals surface area contributed by atoms with Gasteiger partial charge in [-0.1, -0.05) is 6.92 Å². The molecule has 0 unspecified atom stereocenters. The Balaban J connectivity index is 1.74. The SMILES string of the molecule is CC(C)NC(=O)C(=O)Nc1[nH]n([C@H]2CN(C(=O)N(C)CC#N)CC[C@H]2C)c2c1cnc1nccc12. The van der Waals surface area contributed by atoms with Gasteiger partial charge in [-0.15, -0.1) is 0 Å². The maximum Gasteiger partial charge on any atom is 0.320 e. The smallest absolute Gasteiger partial charge is 0.320 e. The van der Waals surface area contributed by atoms with E-state index in [-0.39, 0.29) is 30.6 Å². The van der Waals surface area contributed by atoms with E-state index in [1.807, 2.05) is 16.8 Å². The number of aromatic nitrogens is 4. The minimum atomic E-state index is -0.790. The molecule has 3 aromatic heterocycles. The number of anilines is 1. The molecule has 3 aromatic rings. The number of urea groups is 1. The number of hydrogen-bond donors (Lipinski definition) is 3. The number of hydrogen-bond acceptors (Lipinski definition) is 6. The molecule has 4 amide bonds. The van der Waals surface area contributed by atoms with Gasteiger partial charge in [-0.05, 0) is 32.3 Å². The molecule has 4 rings (SSSR count). The van der Waals surface area contributed by atoms with Crippen LogP contribution in [0.2, 0.25) is 0 Å². The molecule has 2 atom stereocenters. The van der Waals surface area contributed by atoms with Crippen molar-refractivity contribution in [1.29, 1.82) is 5.26 Å². The Morgan fingerprint density at radius 1 is 1.29 bits per heavy atom. The lowest BCUT2D eigenvalue weighted by Gasteiger charge is -2.39. The fourth-order valence-electron chi connectivity index (χ4n) is 4.44. The van der Waals surface area contributed by atoms with Crippen molar-refractivity contribution in [3.05, 3.63) is 18.5 Å². The van der Waals surface area contributed by atoms with E-state index in [1.54, 1.807) is 38.2 Å². The molecule has 0 saturated carbocycles. The second-order valence-corrected chi connectivity index (χ2v) is 9.22. The van der Waals surface area contributed by atoms with Gasteiger partial charge in [0.1, 0.15) is 12.4 Å². The van der Waals surface area contributed by atoms with Crippen LogP contribution in [0.4, 0.5) is 10.6 Å². The van der Waals surface area contributed by atoms with Crippen molar-refractivity contribution >= 4 is 45.6 Å². The number of fused-ring (bicyclic) bond motifs is 3. The van der Waals surface area contributed by atoms with Crippen LogP contribution in [0.25, 0.3) is 21.9 Å². The number of amides is 4. The van der Waals surface area contributed by atoms with Crippen LogP contribution < -0.4 is 10.6 Å². The Bertz CT molecular complexity index is 1320. The minimum absolute atomic E-state index is 0.00816. The predicted octanol–water partition coefficient (Wildman–Crippen LogP) is 1.83. The summed E-state index contributed by atoms with van der Waals surface area (Å²) in [6, 6.07) is 3.31. The molecule has 1 saturated heterocycles. The van der Waals surface area contributed by atoms with Gasteiger partial charge in [-0.25, -0.2) is 14.8 Å². The van der Waals surface area contributed by atoms with Gasteiger partial charge in [0.25, 0.3) is 0 Å². The molecule has 0 spiro atoms. The summed E-state index contributed by atoms with van der Waals surface area (Å²) in [6.45, 7) is 6.67. The standard InChI is InChI=1S/C23H29N9O3/c1-13(2)27-21(33)22(34)28-20-16-11-26-19-15(5-8-25-19)18(16)32(29-20)17-12-31(9-6-14(17)3)23(35)30(4)10-7-24/h5,8,11,13-14,17,29H,6,9-10,12H2,1-4H3,(H,27,33)(H,28,34)/t14-,17+/m1/s1. The summed E-state index contributed by atoms with van der Waals surface area (Å²) >= 11 is 0. The Kier molecular flexibility index (Phi) is 6.59. The van der Waals surface area contributed by atoms with Crippen LogP contribution in [0.15, 0.2) is 18.5 Å². The molecule has 0 aliphatic carbocycles. The minimum Gasteiger partial charge on any atom is -0.346 e. The van der Waals surface area contributed by atoms with Crippen LogP contribution in [0.5, 0.6) is 0 Å². The molecule has 184 valence electrons. The van der Waals surface area contributed by atoms with Gasteiger partial charge in [-0.2, -0.15) is 5.26 Å². The number of likely N-dealkylation sites (tertiary alicyclic amines) is 1. The lowest BCUT2D eigenvalue weighted by atomic mass is 9.93. The Hall–Kier alpha value is -4.14. The molecule has 0 bridgehead atoms. The van der Waals surface area contributed by atoms with E-state index in [2.05, 4.69) is 32.6 Å². The van der Waals surface area contributed by atoms with Crippen LogP contribution in [-0.2, 0) is 9.59 Å². The number of carbonyl (C=O) groups excluding carboxylic acids is 3. The first-order chi connectivity index (χ1) is 16.7. The zero-order chi connectivity index (χ0) is 25.3. The zero-order valence-corrected chi connectivity index (χ0v) is 20.2. The van der Waals surface area contributed by atoms with Gasteiger partial charge < -0.3 is 20.4 Å². The third-order valence-corrected chi connectivity index (χ3v) is 6.27. The number of H-pyrrole nitrogens is 1. The summed E-state index contributed by atoms with van der Waals surface area (Å²) in [5.74, 6) is -0.981. The van der Waals surface area contributed by atoms with Crippen molar-refractivity contribution in [3.8, 4) is 6.07 Å². The van der Waals surface area contributed by atoms with Crippen LogP contribution in [-0.4, -0.2) is 80.1 Å². The van der Waals surface area contributed by atoms with Gasteiger partial charge in [0, 0.05) is 44.0 Å². The summed E-state index contributed by atoms with van der Waals surface area (Å²) < 4.78 is 1.94. The monoisotopic (exact) mass is 479 g/mol. The highest BCUT2D eigenvalue weighted by molar-refractivity contribution is 6.40. The molecule has 1 fully saturated rings. The molecular formula is C23H29N9O3. The van der Waals surface area contributed by atoms with Crippen molar-refractivity contribution in [2.24, 2.45) is 5.92 Å². The second kappa shape index (κ2) is 9.61. The molecular weight excluding hydrogens is 450 g/mol. The number of rotatable bonds is 4. The number of nitrogens with zero attached hydrogens (tertiary/aromatic N) is 6. The zero-order valence-electron chi connectivity index (χ0n) is 20.2. The van der Waals surface area contributed by atoms with Crippen LogP contribution in [0.3, 0.4) is 0 Å². The summed E-state index contributed by atoms with van der Waals surface area (Å²) in [4.78, 5) is 49.5. The first kappa shape index (κ1) is 24.0. The maximum absolute atomic E-state index is 12.9. The maximum atomic E-state index is 12.9. The van der Waals surface area contributed by atoms with Crippen LogP contribution >= 0.6 is 0 Å². The van der Waals surface area contributed by atoms with E-state index in [0.29, 0.717) is 29.9 Å². The summed E-state index contributed by atoms with van der Waals surface area (Å²) in [7, 11) is 1.61. The number of nitrogens with one attached hydrogen (secondary N) is 3. The number of piperidine rings is 1. The molecule has 12 heteroatoms. The van der Waals surface area contributed by atoms with Gasteiger partial charge in [0.05, 0.1) is 23.0 Å². The highest BCUT2D eigenvalue weighted by Crippen LogP contribution is 2.35. The summed E-state index contributed by atoms with van der Waals surface area (Å²) in [6.07, 6.45) is 4.04. The Morgan fingerprint density at radius 2 is 2.06 bits per heavy atom. The normalized spacial score (nSPS) is 18.0. The van der Waals surface area contributed by atoms with Crippen molar-refractivity contribution in [2.45, 2.75) is 39.3 Å². The molecule has 0 radical (unpaired) electrons. The summed E-state index contributed by atoms with van der Waals surface area (Å²) in [5, 5.41) is 18.9. The third-order valence-electron chi connectivity index (χ3n) is 6.27. The van der Waals surface area contributed by atoms with Crippen LogP contribution in [0, 0.1) is 17.2 Å². The molecule has 1 aliphatic heterocycles. The quantitative estimate of drug-likeness (QED) is 0.383. The van der Waals surface area contributed by atoms with Gasteiger partial charge in [0.15, 0.2) is 5.65 Å². The average Bonchev–Trinajstić information content (AvgIpc) is 3.43. The molecule has 35 heavy (non-hydrogen) atoms. The van der Waals surface area contributed by atoms with E-state index in [9.17, 15) is 14.4 Å². The van der Waals surface area contributed by atoms with E-state index in [1.165, 1.54) is 4.90 Å². The van der Waals surface area contributed by atoms with Crippen molar-refractivity contribution < 1.29 is 14.4 Å².